The summed E-state index contributed by atoms with van der Waals surface area (Å²) in [5.41, 5.74) is 5.35. The van der Waals surface area contributed by atoms with Crippen molar-refractivity contribution < 1.29 is 9.47 Å². The highest BCUT2D eigenvalue weighted by atomic mass is 16.5. The van der Waals surface area contributed by atoms with E-state index in [1.807, 2.05) is 72.8 Å². The standard InChI is InChI=1S/C25H20N4O2/c1-30-21-12-7-18(8-13-21)24-25(28-29-27-24)19-9-14-22(15-10-19)31-16-20-11-6-17-4-2-3-5-23(17)26-20/h2-15H,16H2,1H3,(H,27,28,29). The average Bonchev–Trinajstić information content (AvgIpc) is 3.33. The molecule has 6 heteroatoms. The normalized spacial score (nSPS) is 10.9. The topological polar surface area (TPSA) is 72.9 Å². The number of aromatic amines is 1. The zero-order chi connectivity index (χ0) is 21.0. The second kappa shape index (κ2) is 8.28. The van der Waals surface area contributed by atoms with Crippen LogP contribution < -0.4 is 9.47 Å². The number of ether oxygens (including phenoxy) is 2. The van der Waals surface area contributed by atoms with Gasteiger partial charge in [0.15, 0.2) is 0 Å². The van der Waals surface area contributed by atoms with Crippen LogP contribution in [-0.2, 0) is 6.61 Å². The molecule has 31 heavy (non-hydrogen) atoms. The van der Waals surface area contributed by atoms with Crippen LogP contribution in [0.5, 0.6) is 11.5 Å². The Morgan fingerprint density at radius 2 is 1.35 bits per heavy atom. The Morgan fingerprint density at radius 1 is 0.710 bits per heavy atom. The van der Waals surface area contributed by atoms with E-state index in [9.17, 15) is 0 Å². The molecule has 0 bridgehead atoms. The van der Waals surface area contributed by atoms with Crippen LogP contribution in [0.1, 0.15) is 5.69 Å². The fourth-order valence-electron chi connectivity index (χ4n) is 3.44. The van der Waals surface area contributed by atoms with E-state index in [1.165, 1.54) is 0 Å². The van der Waals surface area contributed by atoms with Gasteiger partial charge >= 0.3 is 0 Å². The van der Waals surface area contributed by atoms with E-state index < -0.39 is 0 Å². The Kier molecular flexibility index (Phi) is 5.02. The quantitative estimate of drug-likeness (QED) is 0.414. The van der Waals surface area contributed by atoms with Gasteiger partial charge < -0.3 is 9.47 Å². The first-order valence-electron chi connectivity index (χ1n) is 9.93. The number of para-hydroxylation sites is 1. The second-order valence-corrected chi connectivity index (χ2v) is 7.06. The highest BCUT2D eigenvalue weighted by Crippen LogP contribution is 2.30. The van der Waals surface area contributed by atoms with E-state index in [4.69, 9.17) is 9.47 Å². The van der Waals surface area contributed by atoms with Crippen molar-refractivity contribution in [1.82, 2.24) is 20.4 Å². The summed E-state index contributed by atoms with van der Waals surface area (Å²) in [4.78, 5) is 4.65. The van der Waals surface area contributed by atoms with Crippen molar-refractivity contribution in [3.05, 3.63) is 90.6 Å². The van der Waals surface area contributed by atoms with Gasteiger partial charge in [0.05, 0.1) is 18.3 Å². The van der Waals surface area contributed by atoms with E-state index in [2.05, 4.69) is 32.5 Å². The number of nitrogens with one attached hydrogen (secondary N) is 1. The molecule has 0 atom stereocenters. The first-order chi connectivity index (χ1) is 15.3. The summed E-state index contributed by atoms with van der Waals surface area (Å²) in [6.45, 7) is 0.408. The smallest absolute Gasteiger partial charge is 0.130 e. The molecule has 3 aromatic carbocycles. The van der Waals surface area contributed by atoms with Crippen molar-refractivity contribution in [2.24, 2.45) is 0 Å². The highest BCUT2D eigenvalue weighted by molar-refractivity contribution is 5.79. The number of H-pyrrole nitrogens is 1. The molecule has 5 rings (SSSR count). The Hall–Kier alpha value is -4.19. The summed E-state index contributed by atoms with van der Waals surface area (Å²) in [7, 11) is 1.65. The van der Waals surface area contributed by atoms with Crippen LogP contribution in [0.15, 0.2) is 84.9 Å². The van der Waals surface area contributed by atoms with E-state index >= 15 is 0 Å². The molecule has 5 aromatic rings. The maximum atomic E-state index is 5.93. The van der Waals surface area contributed by atoms with Crippen LogP contribution in [0.25, 0.3) is 33.4 Å². The minimum Gasteiger partial charge on any atom is -0.497 e. The number of hydrogen-bond acceptors (Lipinski definition) is 5. The van der Waals surface area contributed by atoms with E-state index in [0.29, 0.717) is 6.61 Å². The first-order valence-corrected chi connectivity index (χ1v) is 9.93. The number of rotatable bonds is 6. The summed E-state index contributed by atoms with van der Waals surface area (Å²) in [6, 6.07) is 27.7. The molecule has 0 aliphatic rings. The Bertz CT molecular complexity index is 1310. The van der Waals surface area contributed by atoms with Crippen LogP contribution in [0, 0.1) is 0 Å². The maximum absolute atomic E-state index is 5.93. The minimum atomic E-state index is 0.408. The van der Waals surface area contributed by atoms with E-state index in [1.54, 1.807) is 7.11 Å². The maximum Gasteiger partial charge on any atom is 0.130 e. The predicted octanol–water partition coefficient (Wildman–Crippen LogP) is 5.27. The second-order valence-electron chi connectivity index (χ2n) is 7.06. The molecule has 0 spiro atoms. The zero-order valence-corrected chi connectivity index (χ0v) is 16.9. The molecule has 6 nitrogen and oxygen atoms in total. The van der Waals surface area contributed by atoms with Crippen LogP contribution in [0.2, 0.25) is 0 Å². The van der Waals surface area contributed by atoms with Crippen molar-refractivity contribution in [1.29, 1.82) is 0 Å². The summed E-state index contributed by atoms with van der Waals surface area (Å²) in [6.07, 6.45) is 0. The summed E-state index contributed by atoms with van der Waals surface area (Å²) in [5.74, 6) is 1.57. The monoisotopic (exact) mass is 408 g/mol. The Balaban J connectivity index is 1.31. The predicted molar refractivity (Wildman–Crippen MR) is 120 cm³/mol. The molecule has 0 saturated heterocycles. The Morgan fingerprint density at radius 3 is 2.03 bits per heavy atom. The summed E-state index contributed by atoms with van der Waals surface area (Å²) >= 11 is 0. The van der Waals surface area contributed by atoms with Gasteiger partial charge in [-0.2, -0.15) is 15.4 Å². The average molecular weight is 408 g/mol. The van der Waals surface area contributed by atoms with Gasteiger partial charge in [-0.15, -0.1) is 0 Å². The number of fused-ring (bicyclic) bond motifs is 1. The van der Waals surface area contributed by atoms with Crippen LogP contribution in [-0.4, -0.2) is 27.5 Å². The lowest BCUT2D eigenvalue weighted by atomic mass is 10.0. The summed E-state index contributed by atoms with van der Waals surface area (Å²) < 4.78 is 11.2. The number of pyridine rings is 1. The fourth-order valence-corrected chi connectivity index (χ4v) is 3.44. The van der Waals surface area contributed by atoms with Crippen molar-refractivity contribution >= 4 is 10.9 Å². The van der Waals surface area contributed by atoms with Crippen molar-refractivity contribution in [3.8, 4) is 34.0 Å². The zero-order valence-electron chi connectivity index (χ0n) is 16.9. The molecule has 0 aliphatic heterocycles. The SMILES string of the molecule is COc1ccc(-c2n[nH]nc2-c2ccc(OCc3ccc4ccccc4n3)cc2)cc1. The number of aromatic nitrogens is 4. The minimum absolute atomic E-state index is 0.408. The van der Waals surface area contributed by atoms with Gasteiger partial charge in [-0.25, -0.2) is 4.98 Å². The van der Waals surface area contributed by atoms with Crippen molar-refractivity contribution in [2.45, 2.75) is 6.61 Å². The van der Waals surface area contributed by atoms with Gasteiger partial charge in [-0.05, 0) is 60.7 Å². The third-order valence-corrected chi connectivity index (χ3v) is 5.08. The van der Waals surface area contributed by atoms with E-state index in [0.717, 1.165) is 50.6 Å². The first kappa shape index (κ1) is 18.8. The number of benzene rings is 3. The molecule has 1 N–H and O–H groups in total. The lowest BCUT2D eigenvalue weighted by Gasteiger charge is -2.08. The van der Waals surface area contributed by atoms with E-state index in [-0.39, 0.29) is 0 Å². The lowest BCUT2D eigenvalue weighted by Crippen LogP contribution is -1.98. The molecular formula is C25H20N4O2. The van der Waals surface area contributed by atoms with Crippen LogP contribution in [0.3, 0.4) is 0 Å². The highest BCUT2D eigenvalue weighted by Gasteiger charge is 2.13. The molecule has 0 saturated carbocycles. The molecule has 2 heterocycles. The van der Waals surface area contributed by atoms with Crippen molar-refractivity contribution in [3.63, 3.8) is 0 Å². The molecule has 0 unspecified atom stereocenters. The van der Waals surface area contributed by atoms with Gasteiger partial charge in [0.2, 0.25) is 0 Å². The summed E-state index contributed by atoms with van der Waals surface area (Å²) in [5, 5.41) is 12.5. The molecule has 0 radical (unpaired) electrons. The third kappa shape index (κ3) is 3.96. The fraction of sp³-hybridized carbons (Fsp3) is 0.0800. The Labute approximate surface area is 179 Å². The number of nitrogens with zero attached hydrogens (tertiary/aromatic N) is 3. The van der Waals surface area contributed by atoms with Crippen LogP contribution in [0.4, 0.5) is 0 Å². The van der Waals surface area contributed by atoms with Gasteiger partial charge in [0.1, 0.15) is 29.5 Å². The molecular weight excluding hydrogens is 388 g/mol. The van der Waals surface area contributed by atoms with Gasteiger partial charge in [0.25, 0.3) is 0 Å². The largest absolute Gasteiger partial charge is 0.497 e. The van der Waals surface area contributed by atoms with Crippen molar-refractivity contribution in [2.75, 3.05) is 7.11 Å². The van der Waals surface area contributed by atoms with Gasteiger partial charge in [-0.1, -0.05) is 24.3 Å². The third-order valence-electron chi connectivity index (χ3n) is 5.08. The number of hydrogen-bond donors (Lipinski definition) is 1. The van der Waals surface area contributed by atoms with Crippen LogP contribution >= 0.6 is 0 Å². The van der Waals surface area contributed by atoms with Gasteiger partial charge in [0, 0.05) is 16.5 Å². The molecule has 152 valence electrons. The lowest BCUT2D eigenvalue weighted by molar-refractivity contribution is 0.302. The molecule has 2 aromatic heterocycles. The molecule has 0 fully saturated rings. The van der Waals surface area contributed by atoms with Gasteiger partial charge in [-0.3, -0.25) is 0 Å². The molecule has 0 amide bonds. The number of methoxy groups -OCH3 is 1. The molecule has 0 aliphatic carbocycles.